The monoisotopic (exact) mass is 562 g/mol. The van der Waals surface area contributed by atoms with Gasteiger partial charge in [-0.1, -0.05) is 151 Å². The third kappa shape index (κ3) is 12.6. The van der Waals surface area contributed by atoms with Crippen LogP contribution in [0.15, 0.2) is 121 Å². The van der Waals surface area contributed by atoms with Crippen LogP contribution in [0.3, 0.4) is 0 Å². The van der Waals surface area contributed by atoms with Crippen LogP contribution in [0.2, 0.25) is 0 Å². The van der Waals surface area contributed by atoms with Gasteiger partial charge in [0.1, 0.15) is 0 Å². The van der Waals surface area contributed by atoms with Gasteiger partial charge in [-0.3, -0.25) is 0 Å². The van der Waals surface area contributed by atoms with E-state index in [1.165, 1.54) is 99.8 Å². The summed E-state index contributed by atoms with van der Waals surface area (Å²) < 4.78 is 0. The van der Waals surface area contributed by atoms with Crippen molar-refractivity contribution in [3.8, 4) is 0 Å². The third-order valence-electron chi connectivity index (χ3n) is 7.74. The maximum atomic E-state index is 2.43. The summed E-state index contributed by atoms with van der Waals surface area (Å²) in [5, 5.41) is 0. The van der Waals surface area contributed by atoms with Gasteiger partial charge < -0.3 is 9.80 Å². The van der Waals surface area contributed by atoms with Gasteiger partial charge in [0.15, 0.2) is 0 Å². The van der Waals surface area contributed by atoms with Crippen molar-refractivity contribution >= 4 is 22.7 Å². The van der Waals surface area contributed by atoms with Crippen molar-refractivity contribution in [2.45, 2.75) is 90.9 Å². The summed E-state index contributed by atoms with van der Waals surface area (Å²) >= 11 is 0. The van der Waals surface area contributed by atoms with E-state index in [2.05, 4.69) is 145 Å². The zero-order valence-corrected chi connectivity index (χ0v) is 26.3. The van der Waals surface area contributed by atoms with E-state index >= 15 is 0 Å². The van der Waals surface area contributed by atoms with E-state index in [9.17, 15) is 0 Å². The predicted octanol–water partition coefficient (Wildman–Crippen LogP) is 12.4. The first-order chi connectivity index (χ1) is 20.8. The molecule has 4 aromatic rings. The SMILES string of the molecule is CCCCCCCCN(c1ccccc1)c1ccccc1.CCCCCCCCN(c1ccccc1)c1ccccc1. The van der Waals surface area contributed by atoms with E-state index in [1.807, 2.05) is 0 Å². The number of unbranched alkanes of at least 4 members (excludes halogenated alkanes) is 10. The smallest absolute Gasteiger partial charge is 0.0410 e. The van der Waals surface area contributed by atoms with E-state index in [-0.39, 0.29) is 0 Å². The summed E-state index contributed by atoms with van der Waals surface area (Å²) in [6.07, 6.45) is 16.1. The normalized spacial score (nSPS) is 10.5. The Morgan fingerprint density at radius 2 is 0.548 bits per heavy atom. The highest BCUT2D eigenvalue weighted by Crippen LogP contribution is 2.26. The van der Waals surface area contributed by atoms with Crippen LogP contribution in [0.1, 0.15) is 90.9 Å². The Morgan fingerprint density at radius 3 is 0.810 bits per heavy atom. The molecular weight excluding hydrogens is 508 g/mol. The van der Waals surface area contributed by atoms with Crippen molar-refractivity contribution in [1.29, 1.82) is 0 Å². The van der Waals surface area contributed by atoms with Crippen LogP contribution in [0, 0.1) is 0 Å². The van der Waals surface area contributed by atoms with Crippen molar-refractivity contribution in [1.82, 2.24) is 0 Å². The Hall–Kier alpha value is -3.52. The Morgan fingerprint density at radius 1 is 0.310 bits per heavy atom. The number of rotatable bonds is 18. The summed E-state index contributed by atoms with van der Waals surface area (Å²) in [7, 11) is 0. The molecule has 224 valence electrons. The lowest BCUT2D eigenvalue weighted by Crippen LogP contribution is -2.18. The minimum Gasteiger partial charge on any atom is -0.341 e. The Labute approximate surface area is 257 Å². The van der Waals surface area contributed by atoms with Crippen molar-refractivity contribution in [3.05, 3.63) is 121 Å². The molecule has 0 unspecified atom stereocenters. The molecule has 2 heteroatoms. The first-order valence-corrected chi connectivity index (χ1v) is 16.6. The standard InChI is InChI=1S/2C20H27N/c2*1-2-3-4-5-6-13-18-21(19-14-9-7-10-15-19)20-16-11-8-12-17-20/h2*7-12,14-17H,2-6,13,18H2,1H3. The van der Waals surface area contributed by atoms with E-state index < -0.39 is 0 Å². The molecule has 0 N–H and O–H groups in total. The molecule has 0 aliphatic heterocycles. The lowest BCUT2D eigenvalue weighted by atomic mass is 10.1. The second-order valence-electron chi connectivity index (χ2n) is 11.2. The zero-order valence-electron chi connectivity index (χ0n) is 26.3. The lowest BCUT2D eigenvalue weighted by Gasteiger charge is -2.25. The van der Waals surface area contributed by atoms with E-state index in [1.54, 1.807) is 0 Å². The molecule has 0 atom stereocenters. The fourth-order valence-corrected chi connectivity index (χ4v) is 5.35. The summed E-state index contributed by atoms with van der Waals surface area (Å²) in [6.45, 7) is 6.74. The molecule has 0 radical (unpaired) electrons. The van der Waals surface area contributed by atoms with Gasteiger partial charge in [0.25, 0.3) is 0 Å². The minimum atomic E-state index is 1.10. The largest absolute Gasteiger partial charge is 0.341 e. The van der Waals surface area contributed by atoms with Crippen LogP contribution in [-0.4, -0.2) is 13.1 Å². The van der Waals surface area contributed by atoms with Crippen LogP contribution >= 0.6 is 0 Å². The van der Waals surface area contributed by atoms with Crippen LogP contribution in [0.5, 0.6) is 0 Å². The molecule has 0 aromatic heterocycles. The van der Waals surface area contributed by atoms with Crippen LogP contribution in [0.4, 0.5) is 22.7 Å². The summed E-state index contributed by atoms with van der Waals surface area (Å²) in [4.78, 5) is 4.86. The molecule has 2 nitrogen and oxygen atoms in total. The Kier molecular flexibility index (Phi) is 16.7. The number of nitrogens with zero attached hydrogens (tertiary/aromatic N) is 2. The molecule has 0 bridgehead atoms. The van der Waals surface area contributed by atoms with Crippen molar-refractivity contribution in [2.75, 3.05) is 22.9 Å². The zero-order chi connectivity index (χ0) is 29.5. The fourth-order valence-electron chi connectivity index (χ4n) is 5.35. The highest BCUT2D eigenvalue weighted by Gasteiger charge is 2.09. The number of hydrogen-bond acceptors (Lipinski definition) is 2. The third-order valence-corrected chi connectivity index (χ3v) is 7.74. The topological polar surface area (TPSA) is 6.48 Å². The maximum absolute atomic E-state index is 2.43. The second-order valence-corrected chi connectivity index (χ2v) is 11.2. The average Bonchev–Trinajstić information content (AvgIpc) is 3.06. The number of para-hydroxylation sites is 4. The molecule has 0 aliphatic carbocycles. The van der Waals surface area contributed by atoms with Crippen molar-refractivity contribution in [2.24, 2.45) is 0 Å². The average molecular weight is 563 g/mol. The number of hydrogen-bond donors (Lipinski definition) is 0. The van der Waals surface area contributed by atoms with Gasteiger partial charge in [-0.2, -0.15) is 0 Å². The van der Waals surface area contributed by atoms with Gasteiger partial charge >= 0.3 is 0 Å². The maximum Gasteiger partial charge on any atom is 0.0410 e. The van der Waals surface area contributed by atoms with Crippen LogP contribution in [-0.2, 0) is 0 Å². The molecule has 0 spiro atoms. The molecule has 0 saturated heterocycles. The molecule has 4 rings (SSSR count). The first-order valence-electron chi connectivity index (χ1n) is 16.6. The van der Waals surface area contributed by atoms with Crippen LogP contribution < -0.4 is 9.80 Å². The summed E-state index contributed by atoms with van der Waals surface area (Å²) in [5.41, 5.74) is 5.16. The van der Waals surface area contributed by atoms with E-state index in [0.29, 0.717) is 0 Å². The van der Waals surface area contributed by atoms with Gasteiger partial charge in [0, 0.05) is 35.8 Å². The molecule has 0 aliphatic rings. The molecule has 0 saturated carbocycles. The summed E-state index contributed by atoms with van der Waals surface area (Å²) in [6, 6.07) is 42.9. The van der Waals surface area contributed by atoms with Gasteiger partial charge in [-0.15, -0.1) is 0 Å². The molecule has 4 aromatic carbocycles. The molecule has 42 heavy (non-hydrogen) atoms. The van der Waals surface area contributed by atoms with Crippen molar-refractivity contribution in [3.63, 3.8) is 0 Å². The fraction of sp³-hybridized carbons (Fsp3) is 0.400. The Bertz CT molecular complexity index is 971. The van der Waals surface area contributed by atoms with Crippen LogP contribution in [0.25, 0.3) is 0 Å². The number of anilines is 4. The molecule has 0 amide bonds. The highest BCUT2D eigenvalue weighted by molar-refractivity contribution is 5.63. The first kappa shape index (κ1) is 33.0. The lowest BCUT2D eigenvalue weighted by molar-refractivity contribution is 0.609. The Balaban J connectivity index is 0.000000230. The van der Waals surface area contributed by atoms with Gasteiger partial charge in [-0.05, 0) is 61.4 Å². The van der Waals surface area contributed by atoms with Gasteiger partial charge in [0.2, 0.25) is 0 Å². The van der Waals surface area contributed by atoms with Gasteiger partial charge in [0.05, 0.1) is 0 Å². The quantitative estimate of drug-likeness (QED) is 0.111. The predicted molar refractivity (Wildman–Crippen MR) is 187 cm³/mol. The van der Waals surface area contributed by atoms with Crippen molar-refractivity contribution < 1.29 is 0 Å². The van der Waals surface area contributed by atoms with E-state index in [0.717, 1.165) is 13.1 Å². The second kappa shape index (κ2) is 21.2. The molecule has 0 heterocycles. The number of benzene rings is 4. The summed E-state index contributed by atoms with van der Waals surface area (Å²) in [5.74, 6) is 0. The molecule has 0 fully saturated rings. The highest BCUT2D eigenvalue weighted by atomic mass is 15.1. The molecular formula is C40H54N2. The van der Waals surface area contributed by atoms with E-state index in [4.69, 9.17) is 0 Å². The van der Waals surface area contributed by atoms with Gasteiger partial charge in [-0.25, -0.2) is 0 Å². The minimum absolute atomic E-state index is 1.10.